The zero-order chi connectivity index (χ0) is 21.1. The molecule has 1 amide bonds. The molecule has 0 saturated carbocycles. The van der Waals surface area contributed by atoms with Crippen LogP contribution in [-0.4, -0.2) is 23.4 Å². The second kappa shape index (κ2) is 8.92. The summed E-state index contributed by atoms with van der Waals surface area (Å²) in [4.78, 5) is 14.9. The molecule has 3 rings (SSSR count). The molecule has 0 aliphatic carbocycles. The summed E-state index contributed by atoms with van der Waals surface area (Å²) in [6.45, 7) is 3.06. The lowest BCUT2D eigenvalue weighted by Crippen LogP contribution is -2.27. The molecule has 29 heavy (non-hydrogen) atoms. The highest BCUT2D eigenvalue weighted by atomic mass is 32.2. The molecule has 1 fully saturated rings. The molecule has 0 unspecified atom stereocenters. The lowest BCUT2D eigenvalue weighted by Gasteiger charge is -2.16. The van der Waals surface area contributed by atoms with Crippen molar-refractivity contribution in [2.24, 2.45) is 0 Å². The Bertz CT molecular complexity index is 992. The third-order valence-electron chi connectivity index (χ3n) is 4.32. The molecule has 152 valence electrons. The van der Waals surface area contributed by atoms with E-state index in [1.54, 1.807) is 25.1 Å². The Morgan fingerprint density at radius 3 is 2.55 bits per heavy atom. The van der Waals surface area contributed by atoms with E-state index in [9.17, 15) is 13.6 Å². The van der Waals surface area contributed by atoms with Crippen molar-refractivity contribution in [3.63, 3.8) is 0 Å². The number of carbonyl (C=O) groups is 1. The van der Waals surface area contributed by atoms with Crippen LogP contribution in [0.15, 0.2) is 41.3 Å². The van der Waals surface area contributed by atoms with Gasteiger partial charge in [0.25, 0.3) is 5.91 Å². The van der Waals surface area contributed by atoms with Gasteiger partial charge in [0, 0.05) is 0 Å². The Labute approximate surface area is 177 Å². The van der Waals surface area contributed by atoms with Gasteiger partial charge in [0.15, 0.2) is 15.8 Å². The number of amides is 1. The number of nitrogens with zero attached hydrogens (tertiary/aromatic N) is 1. The van der Waals surface area contributed by atoms with E-state index >= 15 is 0 Å². The van der Waals surface area contributed by atoms with Crippen molar-refractivity contribution in [2.45, 2.75) is 27.4 Å². The third kappa shape index (κ3) is 4.76. The summed E-state index contributed by atoms with van der Waals surface area (Å²) in [7, 11) is 0. The van der Waals surface area contributed by atoms with Gasteiger partial charge in [-0.15, -0.1) is 0 Å². The van der Waals surface area contributed by atoms with Crippen LogP contribution in [0.3, 0.4) is 0 Å². The number of benzene rings is 2. The Morgan fingerprint density at radius 2 is 1.90 bits per heavy atom. The topological polar surface area (TPSA) is 38.8 Å². The number of rotatable bonds is 6. The van der Waals surface area contributed by atoms with Gasteiger partial charge >= 0.3 is 6.61 Å². The second-order valence-electron chi connectivity index (χ2n) is 6.30. The molecule has 4 nitrogen and oxygen atoms in total. The molecule has 1 heterocycles. The van der Waals surface area contributed by atoms with Gasteiger partial charge in [0.2, 0.25) is 0 Å². The molecule has 0 aromatic heterocycles. The van der Waals surface area contributed by atoms with Crippen molar-refractivity contribution >= 4 is 46.0 Å². The van der Waals surface area contributed by atoms with Gasteiger partial charge < -0.3 is 9.47 Å². The van der Waals surface area contributed by atoms with Crippen molar-refractivity contribution in [3.8, 4) is 11.5 Å². The minimum Gasteiger partial charge on any atom is -0.490 e. The van der Waals surface area contributed by atoms with Gasteiger partial charge in [-0.05, 0) is 67.8 Å². The Morgan fingerprint density at radius 1 is 1.14 bits per heavy atom. The zero-order valence-corrected chi connectivity index (χ0v) is 17.7. The molecule has 0 bridgehead atoms. The average Bonchev–Trinajstić information content (AvgIpc) is 2.93. The van der Waals surface area contributed by atoms with Crippen molar-refractivity contribution in [1.29, 1.82) is 0 Å². The molecule has 2 aromatic carbocycles. The number of thiocarbonyl (C=S) groups is 1. The molecular weight excluding hydrogens is 416 g/mol. The SMILES string of the molecule is CCOc1cc(/C=C2\SC(=S)N(c3ccc(C)c(C)c3)C2=O)ccc1OC(F)F. The fraction of sp³-hybridized carbons (Fsp3) is 0.238. The summed E-state index contributed by atoms with van der Waals surface area (Å²) < 4.78 is 35.4. The Kier molecular flexibility index (Phi) is 6.54. The molecule has 2 aromatic rings. The van der Waals surface area contributed by atoms with Crippen LogP contribution < -0.4 is 14.4 Å². The van der Waals surface area contributed by atoms with Gasteiger partial charge in [-0.2, -0.15) is 8.78 Å². The monoisotopic (exact) mass is 435 g/mol. The molecule has 1 aliphatic heterocycles. The molecule has 1 aliphatic rings. The summed E-state index contributed by atoms with van der Waals surface area (Å²) in [6, 6.07) is 10.3. The predicted octanol–water partition coefficient (Wildman–Crippen LogP) is 5.71. The number of thioether (sulfide) groups is 1. The van der Waals surface area contributed by atoms with E-state index in [4.69, 9.17) is 17.0 Å². The molecular formula is C21H19F2NO3S2. The first-order valence-electron chi connectivity index (χ1n) is 8.87. The van der Waals surface area contributed by atoms with E-state index in [2.05, 4.69) is 4.74 Å². The smallest absolute Gasteiger partial charge is 0.387 e. The molecule has 0 spiro atoms. The number of hydrogen-bond acceptors (Lipinski definition) is 5. The van der Waals surface area contributed by atoms with Gasteiger partial charge in [-0.3, -0.25) is 9.69 Å². The first kappa shape index (κ1) is 21.3. The summed E-state index contributed by atoms with van der Waals surface area (Å²) in [5.41, 5.74) is 3.53. The lowest BCUT2D eigenvalue weighted by molar-refractivity contribution is -0.113. The Hall–Kier alpha value is -2.45. The Balaban J connectivity index is 1.90. The van der Waals surface area contributed by atoms with Gasteiger partial charge in [0.1, 0.15) is 0 Å². The maximum atomic E-state index is 12.9. The van der Waals surface area contributed by atoms with Crippen LogP contribution in [0, 0.1) is 13.8 Å². The summed E-state index contributed by atoms with van der Waals surface area (Å²) in [5, 5.41) is 0. The van der Waals surface area contributed by atoms with E-state index in [-0.39, 0.29) is 24.0 Å². The number of alkyl halides is 2. The highest BCUT2D eigenvalue weighted by molar-refractivity contribution is 8.27. The van der Waals surface area contributed by atoms with E-state index in [1.165, 1.54) is 22.7 Å². The number of halogens is 2. The minimum absolute atomic E-state index is 0.0540. The van der Waals surface area contributed by atoms with Crippen LogP contribution in [0.25, 0.3) is 6.08 Å². The van der Waals surface area contributed by atoms with Crippen LogP contribution in [0.2, 0.25) is 0 Å². The quantitative estimate of drug-likeness (QED) is 0.429. The van der Waals surface area contributed by atoms with E-state index in [0.717, 1.165) is 16.8 Å². The molecule has 0 N–H and O–H groups in total. The third-order valence-corrected chi connectivity index (χ3v) is 5.63. The average molecular weight is 436 g/mol. The van der Waals surface area contributed by atoms with Crippen LogP contribution in [0.5, 0.6) is 11.5 Å². The van der Waals surface area contributed by atoms with Crippen molar-refractivity contribution in [2.75, 3.05) is 11.5 Å². The first-order valence-corrected chi connectivity index (χ1v) is 10.1. The predicted molar refractivity (Wildman–Crippen MR) is 116 cm³/mol. The molecule has 0 radical (unpaired) electrons. The first-order chi connectivity index (χ1) is 13.8. The van der Waals surface area contributed by atoms with Crippen LogP contribution in [0.1, 0.15) is 23.6 Å². The molecule has 0 atom stereocenters. The summed E-state index contributed by atoms with van der Waals surface area (Å²) in [5.74, 6) is -0.0954. The summed E-state index contributed by atoms with van der Waals surface area (Å²) in [6.07, 6.45) is 1.66. The number of ether oxygens (including phenoxy) is 2. The maximum absolute atomic E-state index is 12.9. The van der Waals surface area contributed by atoms with E-state index in [1.807, 2.05) is 32.0 Å². The number of hydrogen-bond donors (Lipinski definition) is 0. The number of carbonyl (C=O) groups excluding carboxylic acids is 1. The second-order valence-corrected chi connectivity index (χ2v) is 7.98. The highest BCUT2D eigenvalue weighted by Gasteiger charge is 2.33. The van der Waals surface area contributed by atoms with Crippen molar-refractivity contribution in [1.82, 2.24) is 0 Å². The number of anilines is 1. The van der Waals surface area contributed by atoms with Gasteiger partial charge in [-0.1, -0.05) is 36.1 Å². The molecule has 1 saturated heterocycles. The largest absolute Gasteiger partial charge is 0.490 e. The molecule has 8 heteroatoms. The van der Waals surface area contributed by atoms with Gasteiger partial charge in [-0.25, -0.2) is 0 Å². The fourth-order valence-corrected chi connectivity index (χ4v) is 4.08. The number of aryl methyl sites for hydroxylation is 2. The van der Waals surface area contributed by atoms with Crippen LogP contribution in [0.4, 0.5) is 14.5 Å². The minimum atomic E-state index is -2.95. The van der Waals surface area contributed by atoms with Crippen LogP contribution in [-0.2, 0) is 4.79 Å². The van der Waals surface area contributed by atoms with Gasteiger partial charge in [0.05, 0.1) is 17.2 Å². The van der Waals surface area contributed by atoms with Crippen molar-refractivity contribution in [3.05, 3.63) is 58.0 Å². The maximum Gasteiger partial charge on any atom is 0.387 e. The summed E-state index contributed by atoms with van der Waals surface area (Å²) >= 11 is 6.60. The standard InChI is InChI=1S/C21H19F2NO3S2/c1-4-26-17-10-14(6-8-16(17)27-20(22)23)11-18-19(25)24(21(28)29-18)15-7-5-12(2)13(3)9-15/h5-11,20H,4H2,1-3H3/b18-11-. The van der Waals surface area contributed by atoms with E-state index < -0.39 is 6.61 Å². The fourth-order valence-electron chi connectivity index (χ4n) is 2.78. The van der Waals surface area contributed by atoms with Crippen molar-refractivity contribution < 1.29 is 23.0 Å². The zero-order valence-electron chi connectivity index (χ0n) is 16.1. The lowest BCUT2D eigenvalue weighted by atomic mass is 10.1. The van der Waals surface area contributed by atoms with E-state index in [0.29, 0.717) is 14.8 Å². The highest BCUT2D eigenvalue weighted by Crippen LogP contribution is 2.38. The normalized spacial score (nSPS) is 15.5. The van der Waals surface area contributed by atoms with Crippen LogP contribution >= 0.6 is 24.0 Å².